The lowest BCUT2D eigenvalue weighted by Gasteiger charge is -2.47. The van der Waals surface area contributed by atoms with Gasteiger partial charge in [-0.25, -0.2) is 18.4 Å². The minimum absolute atomic E-state index is 0.0638. The highest BCUT2D eigenvalue weighted by atomic mass is 35.5. The fourth-order valence-corrected chi connectivity index (χ4v) is 9.06. The summed E-state index contributed by atoms with van der Waals surface area (Å²) in [7, 11) is -4.29. The van der Waals surface area contributed by atoms with Gasteiger partial charge in [0.15, 0.2) is 0 Å². The maximum absolute atomic E-state index is 13.2. The Bertz CT molecular complexity index is 1910. The van der Waals surface area contributed by atoms with Crippen molar-refractivity contribution in [2.45, 2.75) is 86.9 Å². The number of aromatic nitrogens is 2. The topological polar surface area (TPSA) is 125 Å². The molecule has 9 nitrogen and oxygen atoms in total. The van der Waals surface area contributed by atoms with E-state index in [1.165, 1.54) is 23.0 Å². The lowest BCUT2D eigenvalue weighted by molar-refractivity contribution is -0.148. The monoisotopic (exact) mass is 750 g/mol. The number of nitrogen functional groups attached to an aromatic ring is 1. The van der Waals surface area contributed by atoms with Crippen molar-refractivity contribution in [2.24, 2.45) is 5.41 Å². The van der Waals surface area contributed by atoms with Crippen molar-refractivity contribution in [3.63, 3.8) is 0 Å². The Hall–Kier alpha value is -2.88. The zero-order valence-electron chi connectivity index (χ0n) is 28.3. The number of nitrogens with two attached hydrogens (primary N) is 1. The summed E-state index contributed by atoms with van der Waals surface area (Å²) in [5, 5.41) is 12.6. The molecule has 4 N–H and O–H groups in total. The highest BCUT2D eigenvalue weighted by molar-refractivity contribution is 8.00. The number of benzene rings is 2. The molecule has 3 heterocycles. The highest BCUT2D eigenvalue weighted by Gasteiger charge is 2.41. The van der Waals surface area contributed by atoms with E-state index in [2.05, 4.69) is 45.6 Å². The van der Waals surface area contributed by atoms with Crippen LogP contribution in [0.4, 0.5) is 24.7 Å². The Balaban J connectivity index is 1.13. The number of alkyl halides is 3. The molecule has 0 saturated carbocycles. The average molecular weight is 751 g/mol. The molecule has 0 radical (unpaired) electrons. The van der Waals surface area contributed by atoms with Gasteiger partial charge in [-0.2, -0.15) is 13.2 Å². The van der Waals surface area contributed by atoms with E-state index >= 15 is 0 Å². The minimum atomic E-state index is -4.63. The number of anilines is 2. The number of aryl methyl sites for hydroxylation is 1. The second-order valence-electron chi connectivity index (χ2n) is 14.3. The molecule has 0 unspecified atom stereocenters. The fraction of sp³-hybridized carbons (Fsp3) is 0.486. The Morgan fingerprint density at radius 1 is 1.06 bits per heavy atom. The molecule has 0 bridgehead atoms. The normalized spacial score (nSPS) is 20.1. The molecule has 0 atom stereocenters. The largest absolute Gasteiger partial charge is 0.446 e. The molecule has 3 aliphatic rings. The van der Waals surface area contributed by atoms with Crippen molar-refractivity contribution in [1.29, 1.82) is 0 Å². The van der Waals surface area contributed by atoms with Gasteiger partial charge in [0.2, 0.25) is 0 Å². The van der Waals surface area contributed by atoms with Crippen LogP contribution < -0.4 is 10.5 Å². The molecular formula is C35H42ClF3N6O3S2. The van der Waals surface area contributed by atoms with Gasteiger partial charge in [0.05, 0.1) is 10.6 Å². The van der Waals surface area contributed by atoms with E-state index < -0.39 is 37.9 Å². The van der Waals surface area contributed by atoms with Gasteiger partial charge in [0, 0.05) is 66.7 Å². The van der Waals surface area contributed by atoms with Gasteiger partial charge in [-0.3, -0.25) is 14.5 Å². The molecule has 3 aromatic rings. The summed E-state index contributed by atoms with van der Waals surface area (Å²) >= 11 is 5.88. The van der Waals surface area contributed by atoms with Crippen molar-refractivity contribution in [3.8, 4) is 0 Å². The SMILES string of the molecule is Cc1cc(C2=C(CN3CCC(O)(N4CCc5c(ncnc5NS(=O)(=O)c5ccc(N)c(SC(F)(F)F)c5)C4)CC3)CCC(C)(C)C2)ccc1Cl. The summed E-state index contributed by atoms with van der Waals surface area (Å²) < 4.78 is 68.0. The predicted molar refractivity (Wildman–Crippen MR) is 191 cm³/mol. The summed E-state index contributed by atoms with van der Waals surface area (Å²) in [5.74, 6) is 0.0638. The van der Waals surface area contributed by atoms with E-state index in [0.29, 0.717) is 43.6 Å². The van der Waals surface area contributed by atoms with Crippen LogP contribution in [0.1, 0.15) is 68.3 Å². The molecule has 1 saturated heterocycles. The lowest BCUT2D eigenvalue weighted by atomic mass is 9.72. The summed E-state index contributed by atoms with van der Waals surface area (Å²) in [6, 6.07) is 9.48. The van der Waals surface area contributed by atoms with Gasteiger partial charge in [0.1, 0.15) is 17.9 Å². The Morgan fingerprint density at radius 2 is 1.80 bits per heavy atom. The third-order valence-corrected chi connectivity index (χ3v) is 12.7. The number of aliphatic hydroxyl groups is 1. The summed E-state index contributed by atoms with van der Waals surface area (Å²) in [4.78, 5) is 12.2. The zero-order valence-corrected chi connectivity index (χ0v) is 30.7. The Kier molecular flexibility index (Phi) is 10.3. The van der Waals surface area contributed by atoms with Crippen molar-refractivity contribution in [2.75, 3.05) is 36.6 Å². The van der Waals surface area contributed by atoms with E-state index in [9.17, 15) is 26.7 Å². The van der Waals surface area contributed by atoms with E-state index in [4.69, 9.17) is 17.3 Å². The van der Waals surface area contributed by atoms with Crippen LogP contribution in [0.3, 0.4) is 0 Å². The van der Waals surface area contributed by atoms with Gasteiger partial charge in [-0.15, -0.1) is 0 Å². The number of hydrogen-bond donors (Lipinski definition) is 3. The third kappa shape index (κ3) is 8.26. The summed E-state index contributed by atoms with van der Waals surface area (Å²) in [5.41, 5.74) is 6.36. The first-order chi connectivity index (χ1) is 23.4. The first-order valence-electron chi connectivity index (χ1n) is 16.6. The molecule has 2 aromatic carbocycles. The molecule has 1 aromatic heterocycles. The number of likely N-dealkylation sites (tertiary alicyclic amines) is 1. The number of fused-ring (bicyclic) bond motifs is 1. The van der Waals surface area contributed by atoms with Crippen LogP contribution in [-0.4, -0.2) is 70.7 Å². The molecule has 0 spiro atoms. The maximum atomic E-state index is 13.2. The molecule has 1 fully saturated rings. The summed E-state index contributed by atoms with van der Waals surface area (Å²) in [6.45, 7) is 9.75. The smallest absolute Gasteiger partial charge is 0.398 e. The van der Waals surface area contributed by atoms with Crippen LogP contribution in [0.2, 0.25) is 5.02 Å². The van der Waals surface area contributed by atoms with Crippen LogP contribution in [0.5, 0.6) is 0 Å². The lowest BCUT2D eigenvalue weighted by Crippen LogP contribution is -2.57. The molecule has 50 heavy (non-hydrogen) atoms. The number of halogens is 4. The van der Waals surface area contributed by atoms with Crippen molar-refractivity contribution in [1.82, 2.24) is 19.8 Å². The maximum Gasteiger partial charge on any atom is 0.446 e. The molecule has 2 aliphatic heterocycles. The van der Waals surface area contributed by atoms with Crippen molar-refractivity contribution >= 4 is 50.5 Å². The zero-order chi connectivity index (χ0) is 36.1. The van der Waals surface area contributed by atoms with Gasteiger partial charge in [0.25, 0.3) is 10.0 Å². The number of piperidine rings is 1. The number of nitrogens with one attached hydrogen (secondary N) is 1. The number of nitrogens with zero attached hydrogens (tertiary/aromatic N) is 4. The number of hydrogen-bond acceptors (Lipinski definition) is 9. The van der Waals surface area contributed by atoms with E-state index in [1.54, 1.807) is 0 Å². The average Bonchev–Trinajstić information content (AvgIpc) is 3.04. The first-order valence-corrected chi connectivity index (χ1v) is 19.3. The second kappa shape index (κ2) is 13.9. The van der Waals surface area contributed by atoms with E-state index in [1.807, 2.05) is 17.9 Å². The fourth-order valence-electron chi connectivity index (χ4n) is 7.18. The van der Waals surface area contributed by atoms with Crippen molar-refractivity contribution < 1.29 is 26.7 Å². The van der Waals surface area contributed by atoms with Crippen molar-refractivity contribution in [3.05, 3.63) is 75.7 Å². The van der Waals surface area contributed by atoms with Gasteiger partial charge < -0.3 is 10.8 Å². The highest BCUT2D eigenvalue weighted by Crippen LogP contribution is 2.44. The summed E-state index contributed by atoms with van der Waals surface area (Å²) in [6.07, 6.45) is 5.90. The van der Waals surface area contributed by atoms with Crippen LogP contribution in [-0.2, 0) is 23.0 Å². The van der Waals surface area contributed by atoms with Gasteiger partial charge >= 0.3 is 5.51 Å². The first kappa shape index (κ1) is 36.9. The van der Waals surface area contributed by atoms with Crippen LogP contribution in [0.25, 0.3) is 5.57 Å². The molecule has 1 aliphatic carbocycles. The van der Waals surface area contributed by atoms with Crippen LogP contribution in [0.15, 0.2) is 58.1 Å². The molecule has 0 amide bonds. The molecule has 15 heteroatoms. The van der Waals surface area contributed by atoms with E-state index in [-0.39, 0.29) is 21.8 Å². The molecular weight excluding hydrogens is 709 g/mol. The van der Waals surface area contributed by atoms with Crippen LogP contribution >= 0.6 is 23.4 Å². The molecule has 270 valence electrons. The van der Waals surface area contributed by atoms with E-state index in [0.717, 1.165) is 67.7 Å². The predicted octanol–water partition coefficient (Wildman–Crippen LogP) is 7.24. The van der Waals surface area contributed by atoms with Gasteiger partial charge in [-0.05, 0) is 90.7 Å². The Morgan fingerprint density at radius 3 is 2.50 bits per heavy atom. The number of thioether (sulfide) groups is 1. The second-order valence-corrected chi connectivity index (χ2v) is 17.5. The standard InChI is InChI=1S/C35H42ClF3N6O3S2/c1-22-16-23(4-6-28(22)36)27-18-33(2,3)10-8-24(27)19-44-14-11-34(46,12-15-44)45-13-9-26-30(20-45)41-21-42-32(26)43-50(47,48)25-5-7-29(40)31(17-25)49-35(37,38)39/h4-7,16-17,21,46H,8-15,18-20,40H2,1-3H3,(H,41,42,43). The number of sulfonamides is 1. The van der Waals surface area contributed by atoms with Crippen LogP contribution in [0, 0.1) is 12.3 Å². The van der Waals surface area contributed by atoms with Gasteiger partial charge in [-0.1, -0.05) is 43.2 Å². The number of allylic oxidation sites excluding steroid dienone is 1. The third-order valence-electron chi connectivity index (χ3n) is 10.1. The Labute approximate surface area is 300 Å². The molecule has 6 rings (SSSR count). The number of rotatable bonds is 8. The quantitative estimate of drug-likeness (QED) is 0.162. The minimum Gasteiger partial charge on any atom is -0.398 e.